The Morgan fingerprint density at radius 3 is 2.60 bits per heavy atom. The average Bonchev–Trinajstić information content (AvgIpc) is 2.14. The summed E-state index contributed by atoms with van der Waals surface area (Å²) >= 11 is 0. The van der Waals surface area contributed by atoms with Crippen molar-refractivity contribution < 1.29 is 4.39 Å². The Morgan fingerprint density at radius 2 is 2.07 bits per heavy atom. The highest BCUT2D eigenvalue weighted by Crippen LogP contribution is 2.23. The molecule has 0 N–H and O–H groups in total. The van der Waals surface area contributed by atoms with Crippen molar-refractivity contribution in [2.45, 2.75) is 13.3 Å². The predicted octanol–water partition coefficient (Wildman–Crippen LogP) is 3.10. The molecule has 15 heavy (non-hydrogen) atoms. The highest BCUT2D eigenvalue weighted by molar-refractivity contribution is 5.66. The van der Waals surface area contributed by atoms with Gasteiger partial charge in [-0.3, -0.25) is 0 Å². The highest BCUT2D eigenvalue weighted by atomic mass is 19.1. The molecule has 0 aliphatic rings. The third kappa shape index (κ3) is 3.17. The zero-order valence-corrected chi connectivity index (χ0v) is 9.68. The van der Waals surface area contributed by atoms with Crippen molar-refractivity contribution in [3.8, 4) is 0 Å². The van der Waals surface area contributed by atoms with E-state index in [0.717, 1.165) is 24.1 Å². The average molecular weight is 207 g/mol. The normalized spacial score (nSPS) is 10.7. The minimum atomic E-state index is -0.168. The number of benzene rings is 1. The molecule has 1 rings (SSSR count). The fourth-order valence-electron chi connectivity index (χ4n) is 1.56. The first kappa shape index (κ1) is 11.9. The van der Waals surface area contributed by atoms with E-state index in [0.29, 0.717) is 5.56 Å². The van der Waals surface area contributed by atoms with E-state index in [-0.39, 0.29) is 5.82 Å². The molecule has 0 amide bonds. The van der Waals surface area contributed by atoms with Crippen LogP contribution < -0.4 is 0 Å². The molecule has 0 radical (unpaired) electrons. The van der Waals surface area contributed by atoms with Crippen LogP contribution in [-0.2, 0) is 0 Å². The Morgan fingerprint density at radius 1 is 1.40 bits per heavy atom. The molecule has 82 valence electrons. The summed E-state index contributed by atoms with van der Waals surface area (Å²) in [6.07, 6.45) is 0.800. The summed E-state index contributed by atoms with van der Waals surface area (Å²) in [6, 6.07) is 5.13. The van der Waals surface area contributed by atoms with Gasteiger partial charge in [-0.05, 0) is 44.6 Å². The van der Waals surface area contributed by atoms with E-state index in [9.17, 15) is 4.39 Å². The van der Waals surface area contributed by atoms with Crippen LogP contribution in [0.5, 0.6) is 0 Å². The zero-order valence-electron chi connectivity index (χ0n) is 9.68. The third-order valence-electron chi connectivity index (χ3n) is 2.44. The van der Waals surface area contributed by atoms with Crippen LogP contribution in [-0.4, -0.2) is 25.5 Å². The van der Waals surface area contributed by atoms with Crippen molar-refractivity contribution in [3.05, 3.63) is 41.7 Å². The maximum atomic E-state index is 13.6. The van der Waals surface area contributed by atoms with E-state index in [1.807, 2.05) is 27.1 Å². The quantitative estimate of drug-likeness (QED) is 0.733. The number of aryl methyl sites for hydroxylation is 1. The molecule has 2 heteroatoms. The lowest BCUT2D eigenvalue weighted by Crippen LogP contribution is -2.13. The van der Waals surface area contributed by atoms with Gasteiger partial charge in [0.15, 0.2) is 0 Å². The number of hydrogen-bond donors (Lipinski definition) is 0. The summed E-state index contributed by atoms with van der Waals surface area (Å²) in [5, 5.41) is 0. The smallest absolute Gasteiger partial charge is 0.130 e. The van der Waals surface area contributed by atoms with Crippen LogP contribution in [0.15, 0.2) is 24.8 Å². The summed E-state index contributed by atoms with van der Waals surface area (Å²) in [6.45, 7) is 6.76. The monoisotopic (exact) mass is 207 g/mol. The van der Waals surface area contributed by atoms with E-state index in [1.54, 1.807) is 6.07 Å². The van der Waals surface area contributed by atoms with Crippen LogP contribution in [0.1, 0.15) is 17.5 Å². The molecule has 1 aromatic rings. The van der Waals surface area contributed by atoms with Gasteiger partial charge in [0, 0.05) is 12.1 Å². The van der Waals surface area contributed by atoms with Gasteiger partial charge in [0.2, 0.25) is 0 Å². The number of nitrogens with zero attached hydrogens (tertiary/aromatic N) is 1. The van der Waals surface area contributed by atoms with Crippen LogP contribution in [0.3, 0.4) is 0 Å². The molecule has 0 fully saturated rings. The topological polar surface area (TPSA) is 3.24 Å². The van der Waals surface area contributed by atoms with Gasteiger partial charge in [0.05, 0.1) is 0 Å². The van der Waals surface area contributed by atoms with Gasteiger partial charge in [-0.2, -0.15) is 0 Å². The molecule has 1 nitrogen and oxygen atoms in total. The Kier molecular flexibility index (Phi) is 4.04. The summed E-state index contributed by atoms with van der Waals surface area (Å²) in [5.41, 5.74) is 2.51. The minimum absolute atomic E-state index is 0.168. The van der Waals surface area contributed by atoms with Gasteiger partial charge in [-0.1, -0.05) is 18.7 Å². The molecule has 0 unspecified atom stereocenters. The Hall–Kier alpha value is -1.15. The molecular weight excluding hydrogens is 189 g/mol. The van der Waals surface area contributed by atoms with Crippen molar-refractivity contribution in [2.75, 3.05) is 20.6 Å². The summed E-state index contributed by atoms with van der Waals surface area (Å²) in [7, 11) is 4.00. The van der Waals surface area contributed by atoms with Crippen molar-refractivity contribution in [1.82, 2.24) is 4.90 Å². The zero-order chi connectivity index (χ0) is 11.4. The van der Waals surface area contributed by atoms with E-state index in [4.69, 9.17) is 0 Å². The first-order valence-electron chi connectivity index (χ1n) is 5.10. The van der Waals surface area contributed by atoms with Gasteiger partial charge in [0.25, 0.3) is 0 Å². The first-order chi connectivity index (χ1) is 7.02. The fourth-order valence-corrected chi connectivity index (χ4v) is 1.56. The summed E-state index contributed by atoms with van der Waals surface area (Å²) in [4.78, 5) is 2.07. The van der Waals surface area contributed by atoms with E-state index >= 15 is 0 Å². The van der Waals surface area contributed by atoms with Crippen molar-refractivity contribution in [2.24, 2.45) is 0 Å². The summed E-state index contributed by atoms with van der Waals surface area (Å²) in [5.74, 6) is -0.168. The first-order valence-corrected chi connectivity index (χ1v) is 5.10. The maximum absolute atomic E-state index is 13.6. The second-order valence-corrected chi connectivity index (χ2v) is 4.09. The lowest BCUT2D eigenvalue weighted by atomic mass is 9.99. The molecule has 0 saturated carbocycles. The maximum Gasteiger partial charge on any atom is 0.130 e. The lowest BCUT2D eigenvalue weighted by molar-refractivity contribution is 0.419. The van der Waals surface area contributed by atoms with Gasteiger partial charge >= 0.3 is 0 Å². The van der Waals surface area contributed by atoms with E-state index in [2.05, 4.69) is 11.5 Å². The highest BCUT2D eigenvalue weighted by Gasteiger charge is 2.08. The van der Waals surface area contributed by atoms with Crippen LogP contribution in [0.2, 0.25) is 0 Å². The van der Waals surface area contributed by atoms with Crippen LogP contribution in [0, 0.1) is 12.7 Å². The van der Waals surface area contributed by atoms with Crippen molar-refractivity contribution in [1.29, 1.82) is 0 Å². The fraction of sp³-hybridized carbons (Fsp3) is 0.385. The molecule has 0 spiro atoms. The summed E-state index contributed by atoms with van der Waals surface area (Å²) < 4.78 is 13.6. The number of hydrogen-bond acceptors (Lipinski definition) is 1. The second kappa shape index (κ2) is 5.08. The molecule has 0 aromatic heterocycles. The van der Waals surface area contributed by atoms with E-state index in [1.165, 1.54) is 6.07 Å². The predicted molar refractivity (Wildman–Crippen MR) is 63.3 cm³/mol. The minimum Gasteiger partial charge on any atom is -0.309 e. The third-order valence-corrected chi connectivity index (χ3v) is 2.44. The standard InChI is InChI=1S/C13H18FN/c1-10-6-5-7-12(14)13(10)11(2)8-9-15(3)4/h5-7H,2,8-9H2,1,3-4H3. The molecule has 1 aromatic carbocycles. The van der Waals surface area contributed by atoms with Gasteiger partial charge in [-0.25, -0.2) is 4.39 Å². The Labute approximate surface area is 91.2 Å². The molecule has 0 saturated heterocycles. The Balaban J connectivity index is 2.82. The van der Waals surface area contributed by atoms with Gasteiger partial charge < -0.3 is 4.90 Å². The van der Waals surface area contributed by atoms with E-state index < -0.39 is 0 Å². The molecule has 0 heterocycles. The second-order valence-electron chi connectivity index (χ2n) is 4.09. The molecule has 0 aliphatic heterocycles. The number of halogens is 1. The molecular formula is C13H18FN. The van der Waals surface area contributed by atoms with Crippen LogP contribution in [0.25, 0.3) is 5.57 Å². The van der Waals surface area contributed by atoms with Gasteiger partial charge in [0.1, 0.15) is 5.82 Å². The van der Waals surface area contributed by atoms with Crippen molar-refractivity contribution >= 4 is 5.57 Å². The Bertz CT molecular complexity index is 335. The number of rotatable bonds is 4. The van der Waals surface area contributed by atoms with Crippen LogP contribution >= 0.6 is 0 Å². The van der Waals surface area contributed by atoms with Gasteiger partial charge in [-0.15, -0.1) is 0 Å². The molecule has 0 aliphatic carbocycles. The van der Waals surface area contributed by atoms with Crippen LogP contribution in [0.4, 0.5) is 4.39 Å². The molecule has 0 atom stereocenters. The SMILES string of the molecule is C=C(CCN(C)C)c1c(C)cccc1F. The lowest BCUT2D eigenvalue weighted by Gasteiger charge is -2.13. The molecule has 0 bridgehead atoms. The largest absolute Gasteiger partial charge is 0.309 e. The van der Waals surface area contributed by atoms with Crippen molar-refractivity contribution in [3.63, 3.8) is 0 Å².